The molecule has 8 nitrogen and oxygen atoms in total. The molecular weight excluding hydrogens is 460 g/mol. The molecule has 0 amide bonds. The van der Waals surface area contributed by atoms with Crippen LogP contribution in [0.1, 0.15) is 52.5 Å². The molecule has 0 saturated carbocycles. The van der Waals surface area contributed by atoms with Crippen molar-refractivity contribution in [3.63, 3.8) is 0 Å². The van der Waals surface area contributed by atoms with E-state index >= 15 is 0 Å². The molecule has 1 atom stereocenters. The third-order valence-corrected chi connectivity index (χ3v) is 5.87. The average Bonchev–Trinajstić information content (AvgIpc) is 3.36. The van der Waals surface area contributed by atoms with Crippen LogP contribution in [0, 0.1) is 5.92 Å². The first-order chi connectivity index (χ1) is 16.9. The number of nitrogens with one attached hydrogen (secondary N) is 2. The highest BCUT2D eigenvalue weighted by Crippen LogP contribution is 2.29. The van der Waals surface area contributed by atoms with Gasteiger partial charge in [-0.05, 0) is 46.5 Å². The van der Waals surface area contributed by atoms with Gasteiger partial charge in [-0.25, -0.2) is 0 Å². The van der Waals surface area contributed by atoms with Crippen molar-refractivity contribution in [2.45, 2.75) is 59.7 Å². The molecule has 3 rings (SSSR count). The number of rotatable bonds is 11. The van der Waals surface area contributed by atoms with Gasteiger partial charge in [0.05, 0.1) is 0 Å². The summed E-state index contributed by atoms with van der Waals surface area (Å²) in [7, 11) is 0. The summed E-state index contributed by atoms with van der Waals surface area (Å²) < 4.78 is 5.46. The lowest BCUT2D eigenvalue weighted by atomic mass is 9.98. The number of H-pyrrole nitrogens is 1. The Morgan fingerprint density at radius 3 is 2.46 bits per heavy atom. The molecule has 0 spiro atoms. The highest BCUT2D eigenvalue weighted by molar-refractivity contribution is 7.80. The number of benzene rings is 2. The minimum absolute atomic E-state index is 0.317. The molecule has 0 radical (unpaired) electrons. The second-order valence-electron chi connectivity index (χ2n) is 8.93. The second kappa shape index (κ2) is 12.9. The van der Waals surface area contributed by atoms with E-state index in [0.29, 0.717) is 29.8 Å². The van der Waals surface area contributed by atoms with Gasteiger partial charge in [0, 0.05) is 32.0 Å². The largest absolute Gasteiger partial charge is 0.442 e. The summed E-state index contributed by atoms with van der Waals surface area (Å²) in [5.41, 5.74) is 4.17. The fourth-order valence-corrected chi connectivity index (χ4v) is 4.10. The number of carbonyl (C=O) groups excluding carboxylic acids is 1. The van der Waals surface area contributed by atoms with Crippen molar-refractivity contribution in [3.8, 4) is 22.5 Å². The second-order valence-corrected chi connectivity index (χ2v) is 9.32. The average molecular weight is 495 g/mol. The van der Waals surface area contributed by atoms with Crippen molar-refractivity contribution >= 4 is 23.3 Å². The third kappa shape index (κ3) is 7.85. The van der Waals surface area contributed by atoms with Crippen LogP contribution >= 0.6 is 12.2 Å². The van der Waals surface area contributed by atoms with Crippen LogP contribution in [-0.4, -0.2) is 49.4 Å². The summed E-state index contributed by atoms with van der Waals surface area (Å²) in [5.74, 6) is 0.611. The molecule has 1 unspecified atom stereocenters. The van der Waals surface area contributed by atoms with E-state index in [0.717, 1.165) is 41.6 Å². The van der Waals surface area contributed by atoms with Crippen LogP contribution in [0.25, 0.3) is 22.5 Å². The lowest BCUT2D eigenvalue weighted by Gasteiger charge is -2.29. The van der Waals surface area contributed by atoms with Crippen molar-refractivity contribution in [3.05, 3.63) is 54.1 Å². The number of hydrogen-bond donors (Lipinski definition) is 2. The van der Waals surface area contributed by atoms with Crippen LogP contribution in [0.5, 0.6) is 0 Å². The van der Waals surface area contributed by atoms with E-state index < -0.39 is 6.23 Å². The molecule has 9 heteroatoms. The van der Waals surface area contributed by atoms with Crippen LogP contribution in [0.15, 0.2) is 48.5 Å². The zero-order valence-electron chi connectivity index (χ0n) is 20.8. The fourth-order valence-electron chi connectivity index (χ4n) is 3.81. The molecule has 0 aliphatic carbocycles. The van der Waals surface area contributed by atoms with Crippen LogP contribution in [-0.2, 0) is 16.1 Å². The normalized spacial score (nSPS) is 11.8. The van der Waals surface area contributed by atoms with Crippen LogP contribution in [0.3, 0.4) is 0 Å². The Kier molecular flexibility index (Phi) is 9.72. The van der Waals surface area contributed by atoms with Gasteiger partial charge in [-0.2, -0.15) is 5.21 Å². The van der Waals surface area contributed by atoms with E-state index in [1.807, 2.05) is 18.2 Å². The Morgan fingerprint density at radius 1 is 1.14 bits per heavy atom. The van der Waals surface area contributed by atoms with Crippen molar-refractivity contribution in [2.24, 2.45) is 5.92 Å². The summed E-state index contributed by atoms with van der Waals surface area (Å²) in [6.45, 7) is 9.24. The molecule has 2 N–H and O–H groups in total. The predicted octanol–water partition coefficient (Wildman–Crippen LogP) is 4.95. The molecule has 35 heavy (non-hydrogen) atoms. The minimum atomic E-state index is -0.437. The maximum atomic E-state index is 11.6. The van der Waals surface area contributed by atoms with Gasteiger partial charge in [-0.3, -0.25) is 4.79 Å². The first-order valence-corrected chi connectivity index (χ1v) is 12.4. The first kappa shape index (κ1) is 26.3. The Morgan fingerprint density at radius 2 is 1.86 bits per heavy atom. The van der Waals surface area contributed by atoms with E-state index in [4.69, 9.17) is 17.0 Å². The molecule has 0 bridgehead atoms. The number of tetrazole rings is 1. The standard InChI is InChI=1S/C26H34N6O2S/c1-5-6-15-32(26(35)27-24(16-18(2)3)34-19(4)33)17-20-11-13-21(14-12-20)22-9-7-8-10-23(22)25-28-30-31-29-25/h7-14,18,24H,5-6,15-17H2,1-4H3,(H,27,35)(H,28,29,30,31). The number of thiocarbonyl (C=S) groups is 1. The zero-order chi connectivity index (χ0) is 25.2. The number of carbonyl (C=O) groups is 1. The van der Waals surface area contributed by atoms with Crippen molar-refractivity contribution in [1.29, 1.82) is 0 Å². The summed E-state index contributed by atoms with van der Waals surface area (Å²) >= 11 is 5.74. The lowest BCUT2D eigenvalue weighted by Crippen LogP contribution is -2.46. The Labute approximate surface area is 212 Å². The number of ether oxygens (including phenoxy) is 1. The van der Waals surface area contributed by atoms with Gasteiger partial charge in [-0.15, -0.1) is 10.2 Å². The van der Waals surface area contributed by atoms with Crippen LogP contribution < -0.4 is 5.32 Å². The fraction of sp³-hybridized carbons (Fsp3) is 0.423. The summed E-state index contributed by atoms with van der Waals surface area (Å²) in [6.07, 6.45) is 2.33. The Balaban J connectivity index is 1.75. The van der Waals surface area contributed by atoms with Gasteiger partial charge in [0.25, 0.3) is 0 Å². The van der Waals surface area contributed by atoms with Gasteiger partial charge in [-0.1, -0.05) is 75.7 Å². The van der Waals surface area contributed by atoms with Crippen LogP contribution in [0.4, 0.5) is 0 Å². The molecule has 3 aromatic rings. The SMILES string of the molecule is CCCCN(Cc1ccc(-c2ccccc2-c2nn[nH]n2)cc1)C(=S)NC(CC(C)C)OC(C)=O. The molecular formula is C26H34N6O2S. The highest BCUT2D eigenvalue weighted by Gasteiger charge is 2.19. The third-order valence-electron chi connectivity index (χ3n) is 5.50. The highest BCUT2D eigenvalue weighted by atomic mass is 32.1. The summed E-state index contributed by atoms with van der Waals surface area (Å²) in [4.78, 5) is 13.7. The van der Waals surface area contributed by atoms with Gasteiger partial charge in [0.15, 0.2) is 11.3 Å². The number of hydrogen-bond acceptors (Lipinski definition) is 6. The molecule has 0 aliphatic heterocycles. The molecule has 1 heterocycles. The molecule has 0 aliphatic rings. The topological polar surface area (TPSA) is 96.0 Å². The quantitative estimate of drug-likeness (QED) is 0.220. The summed E-state index contributed by atoms with van der Waals surface area (Å²) in [6, 6.07) is 16.4. The number of nitrogens with zero attached hydrogens (tertiary/aromatic N) is 4. The molecule has 186 valence electrons. The van der Waals surface area contributed by atoms with E-state index in [-0.39, 0.29) is 5.97 Å². The van der Waals surface area contributed by atoms with E-state index in [2.05, 4.69) is 81.9 Å². The van der Waals surface area contributed by atoms with E-state index in [9.17, 15) is 4.79 Å². The Bertz CT molecular complexity index is 1090. The lowest BCUT2D eigenvalue weighted by molar-refractivity contribution is -0.147. The number of esters is 1. The maximum absolute atomic E-state index is 11.6. The zero-order valence-corrected chi connectivity index (χ0v) is 21.6. The van der Waals surface area contributed by atoms with Crippen LogP contribution in [0.2, 0.25) is 0 Å². The maximum Gasteiger partial charge on any atom is 0.304 e. The Hall–Kier alpha value is -3.33. The molecule has 1 aromatic heterocycles. The van der Waals surface area contributed by atoms with Crippen molar-refractivity contribution in [2.75, 3.05) is 6.54 Å². The number of unbranched alkanes of at least 4 members (excludes halogenated alkanes) is 1. The molecule has 2 aromatic carbocycles. The number of aromatic amines is 1. The van der Waals surface area contributed by atoms with E-state index in [1.165, 1.54) is 6.92 Å². The van der Waals surface area contributed by atoms with E-state index in [1.54, 1.807) is 0 Å². The van der Waals surface area contributed by atoms with Gasteiger partial charge < -0.3 is 15.0 Å². The number of aromatic nitrogens is 4. The predicted molar refractivity (Wildman–Crippen MR) is 141 cm³/mol. The smallest absolute Gasteiger partial charge is 0.304 e. The molecule has 0 saturated heterocycles. The van der Waals surface area contributed by atoms with Crippen molar-refractivity contribution in [1.82, 2.24) is 30.8 Å². The molecule has 0 fully saturated rings. The first-order valence-electron chi connectivity index (χ1n) is 12.0. The van der Waals surface area contributed by atoms with Gasteiger partial charge >= 0.3 is 5.97 Å². The van der Waals surface area contributed by atoms with Crippen molar-refractivity contribution < 1.29 is 9.53 Å². The minimum Gasteiger partial charge on any atom is -0.442 e. The monoisotopic (exact) mass is 494 g/mol. The van der Waals surface area contributed by atoms with Gasteiger partial charge in [0.1, 0.15) is 0 Å². The van der Waals surface area contributed by atoms with Gasteiger partial charge in [0.2, 0.25) is 5.82 Å². The summed E-state index contributed by atoms with van der Waals surface area (Å²) in [5, 5.41) is 18.3.